The number of carbonyl (C=O) groups excluding carboxylic acids is 2. The van der Waals surface area contributed by atoms with Gasteiger partial charge < -0.3 is 19.1 Å². The van der Waals surface area contributed by atoms with Crippen molar-refractivity contribution in [1.29, 1.82) is 0 Å². The lowest BCUT2D eigenvalue weighted by Crippen LogP contribution is -2.43. The second kappa shape index (κ2) is 15.6. The molecule has 0 saturated heterocycles. The van der Waals surface area contributed by atoms with Crippen LogP contribution in [0.5, 0.6) is 5.75 Å². The van der Waals surface area contributed by atoms with Gasteiger partial charge in [-0.3, -0.25) is 9.59 Å². The molecule has 0 radical (unpaired) electrons. The molecule has 5 aromatic rings. The van der Waals surface area contributed by atoms with E-state index in [1.54, 1.807) is 12.0 Å². The maximum absolute atomic E-state index is 14.1. The first-order valence-corrected chi connectivity index (χ1v) is 15.6. The molecule has 0 unspecified atom stereocenters. The van der Waals surface area contributed by atoms with Crippen LogP contribution in [0.4, 0.5) is 0 Å². The minimum Gasteiger partial charge on any atom is -0.497 e. The number of carbonyl (C=O) groups is 2. The van der Waals surface area contributed by atoms with Crippen molar-refractivity contribution < 1.29 is 14.3 Å². The van der Waals surface area contributed by atoms with Crippen LogP contribution >= 0.6 is 0 Å². The molecular weight excluding hydrogens is 558 g/mol. The molecule has 230 valence electrons. The molecule has 4 aromatic carbocycles. The van der Waals surface area contributed by atoms with E-state index >= 15 is 0 Å². The molecular formula is C39H41N3O3. The van der Waals surface area contributed by atoms with Crippen LogP contribution in [0.1, 0.15) is 46.9 Å². The van der Waals surface area contributed by atoms with Crippen molar-refractivity contribution >= 4 is 11.8 Å². The molecule has 0 aliphatic carbocycles. The van der Waals surface area contributed by atoms with Crippen LogP contribution in [0.15, 0.2) is 128 Å². The second-order valence-electron chi connectivity index (χ2n) is 11.2. The number of methoxy groups -OCH3 is 1. The Morgan fingerprint density at radius 2 is 1.40 bits per heavy atom. The van der Waals surface area contributed by atoms with E-state index in [0.717, 1.165) is 46.5 Å². The lowest BCUT2D eigenvalue weighted by molar-refractivity contribution is -0.133. The van der Waals surface area contributed by atoms with Gasteiger partial charge >= 0.3 is 0 Å². The van der Waals surface area contributed by atoms with Crippen molar-refractivity contribution in [2.45, 2.75) is 39.4 Å². The highest BCUT2D eigenvalue weighted by atomic mass is 16.5. The summed E-state index contributed by atoms with van der Waals surface area (Å²) >= 11 is 0. The quantitative estimate of drug-likeness (QED) is 0.132. The summed E-state index contributed by atoms with van der Waals surface area (Å²) in [4.78, 5) is 31.4. The first-order valence-electron chi connectivity index (χ1n) is 15.6. The SMILES string of the molecule is CCCCN(CC(=O)N(Cc1ccccc1)Cc1cccn1Cc1cccc(OC)c1)C(=O)c1ccc(-c2ccccc2)cc1. The third-order valence-corrected chi connectivity index (χ3v) is 7.97. The zero-order valence-corrected chi connectivity index (χ0v) is 26.1. The summed E-state index contributed by atoms with van der Waals surface area (Å²) in [5.41, 5.74) is 5.91. The highest BCUT2D eigenvalue weighted by Crippen LogP contribution is 2.21. The number of unbranched alkanes of at least 4 members (excludes halogenated alkanes) is 1. The maximum Gasteiger partial charge on any atom is 0.254 e. The molecule has 0 bridgehead atoms. The smallest absolute Gasteiger partial charge is 0.254 e. The van der Waals surface area contributed by atoms with Gasteiger partial charge in [-0.05, 0) is 65.1 Å². The topological polar surface area (TPSA) is 54.8 Å². The monoisotopic (exact) mass is 599 g/mol. The molecule has 0 fully saturated rings. The van der Waals surface area contributed by atoms with Crippen LogP contribution in [-0.2, 0) is 24.4 Å². The number of amides is 2. The lowest BCUT2D eigenvalue weighted by Gasteiger charge is -2.28. The van der Waals surface area contributed by atoms with Gasteiger partial charge in [-0.1, -0.05) is 98.3 Å². The summed E-state index contributed by atoms with van der Waals surface area (Å²) < 4.78 is 7.58. The molecule has 0 aliphatic rings. The van der Waals surface area contributed by atoms with Gasteiger partial charge in [-0.25, -0.2) is 0 Å². The number of nitrogens with zero attached hydrogens (tertiary/aromatic N) is 3. The Labute approximate surface area is 266 Å². The van der Waals surface area contributed by atoms with E-state index in [4.69, 9.17) is 4.74 Å². The Balaban J connectivity index is 1.35. The highest BCUT2D eigenvalue weighted by molar-refractivity contribution is 5.97. The van der Waals surface area contributed by atoms with Crippen LogP contribution in [0.25, 0.3) is 11.1 Å². The Hall–Kier alpha value is -5.10. The standard InChI is InChI=1S/C39H41N3O3/c1-3-4-24-41(39(44)35-22-20-34(21-23-35)33-16-9-6-10-17-33)30-38(43)42(27-31-13-7-5-8-14-31)29-36-18-12-25-40(36)28-32-15-11-19-37(26-32)45-2/h5-23,25-26H,3-4,24,27-30H2,1-2H3. The lowest BCUT2D eigenvalue weighted by atomic mass is 10.0. The molecule has 0 atom stereocenters. The summed E-state index contributed by atoms with van der Waals surface area (Å²) in [6.45, 7) is 4.16. The predicted molar refractivity (Wildman–Crippen MR) is 180 cm³/mol. The summed E-state index contributed by atoms with van der Waals surface area (Å²) in [5, 5.41) is 0. The second-order valence-corrected chi connectivity index (χ2v) is 11.2. The van der Waals surface area contributed by atoms with E-state index in [2.05, 4.69) is 35.8 Å². The molecule has 0 saturated carbocycles. The van der Waals surface area contributed by atoms with Crippen LogP contribution in [0, 0.1) is 0 Å². The minimum absolute atomic E-state index is 0.0166. The summed E-state index contributed by atoms with van der Waals surface area (Å²) in [6.07, 6.45) is 3.79. The first-order chi connectivity index (χ1) is 22.0. The van der Waals surface area contributed by atoms with Gasteiger partial charge in [-0.2, -0.15) is 0 Å². The minimum atomic E-state index is -0.127. The van der Waals surface area contributed by atoms with E-state index in [1.165, 1.54) is 0 Å². The van der Waals surface area contributed by atoms with E-state index < -0.39 is 0 Å². The number of ether oxygens (including phenoxy) is 1. The Bertz CT molecular complexity index is 1660. The van der Waals surface area contributed by atoms with Crippen molar-refractivity contribution in [1.82, 2.24) is 14.4 Å². The zero-order chi connectivity index (χ0) is 31.4. The molecule has 1 heterocycles. The summed E-state index contributed by atoms with van der Waals surface area (Å²) in [6, 6.07) is 39.9. The van der Waals surface area contributed by atoms with Crippen LogP contribution in [-0.4, -0.2) is 46.4 Å². The molecule has 2 amide bonds. The van der Waals surface area contributed by atoms with Crippen LogP contribution in [0.3, 0.4) is 0 Å². The third-order valence-electron chi connectivity index (χ3n) is 7.97. The van der Waals surface area contributed by atoms with Crippen molar-refractivity contribution in [2.24, 2.45) is 0 Å². The molecule has 0 aliphatic heterocycles. The normalized spacial score (nSPS) is 10.8. The predicted octanol–water partition coefficient (Wildman–Crippen LogP) is 7.68. The fraction of sp³-hybridized carbons (Fsp3) is 0.231. The van der Waals surface area contributed by atoms with E-state index in [-0.39, 0.29) is 18.4 Å². The molecule has 6 heteroatoms. The molecule has 0 spiro atoms. The van der Waals surface area contributed by atoms with Crippen LogP contribution in [0.2, 0.25) is 0 Å². The van der Waals surface area contributed by atoms with Crippen molar-refractivity contribution in [3.05, 3.63) is 150 Å². The molecule has 6 nitrogen and oxygen atoms in total. The molecule has 45 heavy (non-hydrogen) atoms. The zero-order valence-electron chi connectivity index (χ0n) is 26.1. The van der Waals surface area contributed by atoms with Crippen molar-refractivity contribution in [3.8, 4) is 16.9 Å². The molecule has 5 rings (SSSR count). The van der Waals surface area contributed by atoms with Gasteiger partial charge in [0.2, 0.25) is 5.91 Å². The fourth-order valence-electron chi connectivity index (χ4n) is 5.43. The van der Waals surface area contributed by atoms with Gasteiger partial charge in [0.15, 0.2) is 0 Å². The van der Waals surface area contributed by atoms with Gasteiger partial charge in [0.05, 0.1) is 13.7 Å². The largest absolute Gasteiger partial charge is 0.497 e. The van der Waals surface area contributed by atoms with Crippen molar-refractivity contribution in [3.63, 3.8) is 0 Å². The Morgan fingerprint density at radius 3 is 2.11 bits per heavy atom. The molecule has 0 N–H and O–H groups in total. The number of rotatable bonds is 14. The highest BCUT2D eigenvalue weighted by Gasteiger charge is 2.23. The van der Waals surface area contributed by atoms with Gasteiger partial charge in [0.1, 0.15) is 12.3 Å². The number of hydrogen-bond acceptors (Lipinski definition) is 3. The average molecular weight is 600 g/mol. The maximum atomic E-state index is 14.1. The van der Waals surface area contributed by atoms with E-state index in [9.17, 15) is 9.59 Å². The van der Waals surface area contributed by atoms with Crippen LogP contribution < -0.4 is 4.74 Å². The van der Waals surface area contributed by atoms with E-state index in [0.29, 0.717) is 31.7 Å². The number of hydrogen-bond donors (Lipinski definition) is 0. The Morgan fingerprint density at radius 1 is 0.711 bits per heavy atom. The van der Waals surface area contributed by atoms with E-state index in [1.807, 2.05) is 108 Å². The fourth-order valence-corrected chi connectivity index (χ4v) is 5.43. The number of benzene rings is 4. The van der Waals surface area contributed by atoms with Gasteiger partial charge in [0.25, 0.3) is 5.91 Å². The summed E-state index contributed by atoms with van der Waals surface area (Å²) in [7, 11) is 1.67. The van der Waals surface area contributed by atoms with Gasteiger partial charge in [0, 0.05) is 37.1 Å². The van der Waals surface area contributed by atoms with Crippen molar-refractivity contribution in [2.75, 3.05) is 20.2 Å². The first kappa shape index (κ1) is 31.3. The third kappa shape index (κ3) is 8.51. The van der Waals surface area contributed by atoms with Gasteiger partial charge in [-0.15, -0.1) is 0 Å². The molecule has 1 aromatic heterocycles. The Kier molecular flexibility index (Phi) is 10.8. The summed E-state index contributed by atoms with van der Waals surface area (Å²) in [5.74, 6) is 0.601. The average Bonchev–Trinajstić information content (AvgIpc) is 3.52. The number of aromatic nitrogens is 1.